The first-order valence-electron chi connectivity index (χ1n) is 6.44. The van der Waals surface area contributed by atoms with Crippen LogP contribution in [0.3, 0.4) is 0 Å². The maximum atomic E-state index is 5.31. The first-order chi connectivity index (χ1) is 9.11. The second-order valence-corrected chi connectivity index (χ2v) is 4.74. The highest BCUT2D eigenvalue weighted by Crippen LogP contribution is 2.23. The zero-order valence-corrected chi connectivity index (χ0v) is 11.8. The minimum atomic E-state index is 0.289. The molecule has 0 spiro atoms. The van der Waals surface area contributed by atoms with Gasteiger partial charge in [-0.3, -0.25) is 0 Å². The van der Waals surface area contributed by atoms with Gasteiger partial charge in [0.15, 0.2) is 0 Å². The molecular formula is C14H20N4O. The van der Waals surface area contributed by atoms with Crippen LogP contribution in [0.1, 0.15) is 36.9 Å². The highest BCUT2D eigenvalue weighted by Gasteiger charge is 2.12. The Morgan fingerprint density at radius 1 is 1.26 bits per heavy atom. The lowest BCUT2D eigenvalue weighted by Gasteiger charge is -2.14. The topological polar surface area (TPSA) is 63.0 Å². The molecule has 5 heteroatoms. The average molecular weight is 260 g/mol. The maximum absolute atomic E-state index is 5.31. The molecule has 0 aliphatic rings. The fraction of sp³-hybridized carbons (Fsp3) is 0.429. The van der Waals surface area contributed by atoms with Gasteiger partial charge in [-0.1, -0.05) is 13.8 Å². The molecule has 0 fully saturated rings. The van der Waals surface area contributed by atoms with Crippen LogP contribution in [-0.2, 0) is 6.54 Å². The Labute approximate surface area is 113 Å². The first kappa shape index (κ1) is 13.4. The summed E-state index contributed by atoms with van der Waals surface area (Å²) in [6, 6.07) is 3.81. The Morgan fingerprint density at radius 2 is 2.00 bits per heavy atom. The summed E-state index contributed by atoms with van der Waals surface area (Å²) < 4.78 is 5.31. The third-order valence-electron chi connectivity index (χ3n) is 2.93. The lowest BCUT2D eigenvalue weighted by atomic mass is 10.2. The van der Waals surface area contributed by atoms with Gasteiger partial charge in [-0.25, -0.2) is 9.97 Å². The highest BCUT2D eigenvalue weighted by atomic mass is 16.3. The molecule has 19 heavy (non-hydrogen) atoms. The molecule has 0 aliphatic carbocycles. The van der Waals surface area contributed by atoms with Crippen molar-refractivity contribution in [3.63, 3.8) is 0 Å². The van der Waals surface area contributed by atoms with Crippen LogP contribution in [0.25, 0.3) is 0 Å². The molecule has 0 unspecified atom stereocenters. The van der Waals surface area contributed by atoms with Crippen molar-refractivity contribution in [1.29, 1.82) is 0 Å². The number of nitrogens with zero attached hydrogens (tertiary/aromatic N) is 2. The zero-order valence-electron chi connectivity index (χ0n) is 11.8. The van der Waals surface area contributed by atoms with Gasteiger partial charge in [0, 0.05) is 18.5 Å². The quantitative estimate of drug-likeness (QED) is 0.864. The van der Waals surface area contributed by atoms with Gasteiger partial charge in [0.25, 0.3) is 0 Å². The average Bonchev–Trinajstić information content (AvgIpc) is 2.90. The van der Waals surface area contributed by atoms with Crippen LogP contribution in [0.2, 0.25) is 0 Å². The summed E-state index contributed by atoms with van der Waals surface area (Å²) in [5.41, 5.74) is 1.01. The molecule has 0 saturated carbocycles. The van der Waals surface area contributed by atoms with Crippen molar-refractivity contribution in [3.05, 3.63) is 35.5 Å². The van der Waals surface area contributed by atoms with E-state index in [-0.39, 0.29) is 5.92 Å². The molecule has 0 aliphatic heterocycles. The third-order valence-corrected chi connectivity index (χ3v) is 2.93. The van der Waals surface area contributed by atoms with Crippen molar-refractivity contribution < 1.29 is 4.42 Å². The molecule has 2 aromatic heterocycles. The van der Waals surface area contributed by atoms with E-state index < -0.39 is 0 Å². The van der Waals surface area contributed by atoms with Crippen LogP contribution in [0, 0.1) is 6.92 Å². The van der Waals surface area contributed by atoms with Gasteiger partial charge in [0.1, 0.15) is 23.2 Å². The number of nitrogens with one attached hydrogen (secondary N) is 2. The highest BCUT2D eigenvalue weighted by molar-refractivity contribution is 5.57. The number of hydrogen-bond donors (Lipinski definition) is 2. The van der Waals surface area contributed by atoms with Gasteiger partial charge < -0.3 is 15.1 Å². The van der Waals surface area contributed by atoms with E-state index in [1.165, 1.54) is 0 Å². The molecule has 0 atom stereocenters. The van der Waals surface area contributed by atoms with Gasteiger partial charge in [-0.15, -0.1) is 0 Å². The standard InChI is InChI=1S/C14H20N4O/c1-9(2)12-17-13(15-4)10(3)14(18-12)16-8-11-6-5-7-19-11/h5-7,9H,8H2,1-4H3,(H2,15,16,17,18). The number of aromatic nitrogens is 2. The molecule has 102 valence electrons. The molecule has 0 aromatic carbocycles. The molecule has 5 nitrogen and oxygen atoms in total. The summed E-state index contributed by atoms with van der Waals surface area (Å²) >= 11 is 0. The van der Waals surface area contributed by atoms with Crippen LogP contribution in [0.15, 0.2) is 22.8 Å². The molecule has 2 N–H and O–H groups in total. The van der Waals surface area contributed by atoms with Crippen LogP contribution in [0.4, 0.5) is 11.6 Å². The van der Waals surface area contributed by atoms with E-state index in [1.807, 2.05) is 26.1 Å². The fourth-order valence-electron chi connectivity index (χ4n) is 1.79. The minimum Gasteiger partial charge on any atom is -0.467 e. The van der Waals surface area contributed by atoms with E-state index in [0.717, 1.165) is 28.8 Å². The lowest BCUT2D eigenvalue weighted by molar-refractivity contribution is 0.517. The molecule has 0 amide bonds. The molecule has 0 radical (unpaired) electrons. The summed E-state index contributed by atoms with van der Waals surface area (Å²) in [7, 11) is 1.87. The second-order valence-electron chi connectivity index (χ2n) is 4.74. The van der Waals surface area contributed by atoms with Gasteiger partial charge in [0.05, 0.1) is 12.8 Å². The summed E-state index contributed by atoms with van der Waals surface area (Å²) in [5.74, 6) is 3.71. The van der Waals surface area contributed by atoms with Crippen LogP contribution in [0.5, 0.6) is 0 Å². The Hall–Kier alpha value is -2.04. The zero-order chi connectivity index (χ0) is 13.8. The monoisotopic (exact) mass is 260 g/mol. The van der Waals surface area contributed by atoms with Crippen molar-refractivity contribution in [3.8, 4) is 0 Å². The number of rotatable bonds is 5. The Bertz CT molecular complexity index is 535. The summed E-state index contributed by atoms with van der Waals surface area (Å²) in [4.78, 5) is 9.09. The molecule has 0 saturated heterocycles. The fourth-order valence-corrected chi connectivity index (χ4v) is 1.79. The number of anilines is 2. The largest absolute Gasteiger partial charge is 0.467 e. The lowest BCUT2D eigenvalue weighted by Crippen LogP contribution is -2.10. The van der Waals surface area contributed by atoms with E-state index in [0.29, 0.717) is 6.54 Å². The maximum Gasteiger partial charge on any atom is 0.135 e. The van der Waals surface area contributed by atoms with E-state index in [9.17, 15) is 0 Å². The van der Waals surface area contributed by atoms with E-state index in [1.54, 1.807) is 6.26 Å². The Kier molecular flexibility index (Phi) is 4.04. The predicted octanol–water partition coefficient (Wildman–Crippen LogP) is 3.16. The molecular weight excluding hydrogens is 240 g/mol. The Morgan fingerprint density at radius 3 is 2.58 bits per heavy atom. The smallest absolute Gasteiger partial charge is 0.135 e. The first-order valence-corrected chi connectivity index (χ1v) is 6.44. The molecule has 2 aromatic rings. The number of hydrogen-bond acceptors (Lipinski definition) is 5. The van der Waals surface area contributed by atoms with Crippen molar-refractivity contribution in [2.45, 2.75) is 33.2 Å². The van der Waals surface area contributed by atoms with Gasteiger partial charge >= 0.3 is 0 Å². The van der Waals surface area contributed by atoms with Gasteiger partial charge in [0.2, 0.25) is 0 Å². The molecule has 2 rings (SSSR count). The van der Waals surface area contributed by atoms with Crippen LogP contribution in [-0.4, -0.2) is 17.0 Å². The van der Waals surface area contributed by atoms with Crippen molar-refractivity contribution in [2.75, 3.05) is 17.7 Å². The third kappa shape index (κ3) is 3.05. The summed E-state index contributed by atoms with van der Waals surface area (Å²) in [5, 5.41) is 6.41. The molecule has 2 heterocycles. The van der Waals surface area contributed by atoms with Crippen molar-refractivity contribution in [2.24, 2.45) is 0 Å². The van der Waals surface area contributed by atoms with E-state index >= 15 is 0 Å². The summed E-state index contributed by atoms with van der Waals surface area (Å²) in [6.45, 7) is 6.78. The predicted molar refractivity (Wildman–Crippen MR) is 76.4 cm³/mol. The second kappa shape index (κ2) is 5.73. The molecule has 0 bridgehead atoms. The van der Waals surface area contributed by atoms with Crippen molar-refractivity contribution >= 4 is 11.6 Å². The van der Waals surface area contributed by atoms with Gasteiger partial charge in [-0.05, 0) is 19.1 Å². The Balaban J connectivity index is 2.24. The normalized spacial score (nSPS) is 10.8. The minimum absolute atomic E-state index is 0.289. The SMILES string of the molecule is CNc1nc(C(C)C)nc(NCc2ccco2)c1C. The summed E-state index contributed by atoms with van der Waals surface area (Å²) in [6.07, 6.45) is 1.67. The van der Waals surface area contributed by atoms with E-state index in [4.69, 9.17) is 4.42 Å². The van der Waals surface area contributed by atoms with Gasteiger partial charge in [-0.2, -0.15) is 0 Å². The number of furan rings is 1. The van der Waals surface area contributed by atoms with E-state index in [2.05, 4.69) is 34.4 Å². The van der Waals surface area contributed by atoms with Crippen molar-refractivity contribution in [1.82, 2.24) is 9.97 Å². The van der Waals surface area contributed by atoms with Crippen LogP contribution >= 0.6 is 0 Å². The van der Waals surface area contributed by atoms with Crippen LogP contribution < -0.4 is 10.6 Å².